The third-order valence-electron chi connectivity index (χ3n) is 2.43. The van der Waals surface area contributed by atoms with Gasteiger partial charge in [-0.25, -0.2) is 0 Å². The van der Waals surface area contributed by atoms with E-state index in [1.807, 2.05) is 0 Å². The molecule has 0 unspecified atom stereocenters. The minimum absolute atomic E-state index is 0.00215. The van der Waals surface area contributed by atoms with Crippen molar-refractivity contribution in [2.24, 2.45) is 0 Å². The molecule has 0 saturated heterocycles. The second kappa shape index (κ2) is 5.19. The van der Waals surface area contributed by atoms with Crippen molar-refractivity contribution < 1.29 is 19.7 Å². The molecule has 0 saturated carbocycles. The fourth-order valence-electron chi connectivity index (χ4n) is 1.46. The van der Waals surface area contributed by atoms with Crippen molar-refractivity contribution in [2.45, 2.75) is 32.8 Å². The second-order valence-electron chi connectivity index (χ2n) is 4.38. The highest BCUT2D eigenvalue weighted by Crippen LogP contribution is 2.26. The molecule has 17 heavy (non-hydrogen) atoms. The van der Waals surface area contributed by atoms with Gasteiger partial charge in [0.25, 0.3) is 0 Å². The van der Waals surface area contributed by atoms with Crippen molar-refractivity contribution in [3.05, 3.63) is 29.3 Å². The van der Waals surface area contributed by atoms with E-state index in [4.69, 9.17) is 4.74 Å². The first kappa shape index (κ1) is 13.5. The predicted octanol–water partition coefficient (Wildman–Crippen LogP) is 1.73. The lowest BCUT2D eigenvalue weighted by Gasteiger charge is -2.18. The first-order valence-electron chi connectivity index (χ1n) is 5.55. The fourth-order valence-corrected chi connectivity index (χ4v) is 1.46. The van der Waals surface area contributed by atoms with Crippen LogP contribution < -0.4 is 0 Å². The van der Waals surface area contributed by atoms with Gasteiger partial charge in [0, 0.05) is 5.56 Å². The first-order chi connectivity index (χ1) is 7.84. The molecule has 0 radical (unpaired) electrons. The molecular weight excluding hydrogens is 220 g/mol. The molecule has 0 fully saturated rings. The van der Waals surface area contributed by atoms with E-state index in [2.05, 4.69) is 0 Å². The van der Waals surface area contributed by atoms with Crippen molar-refractivity contribution in [3.8, 4) is 5.75 Å². The molecule has 4 nitrogen and oxygen atoms in total. The zero-order chi connectivity index (χ0) is 13.1. The van der Waals surface area contributed by atoms with Gasteiger partial charge in [-0.05, 0) is 32.4 Å². The van der Waals surface area contributed by atoms with E-state index < -0.39 is 5.60 Å². The molecule has 0 atom stereocenters. The highest BCUT2D eigenvalue weighted by atomic mass is 16.5. The summed E-state index contributed by atoms with van der Waals surface area (Å²) < 4.78 is 4.80. The number of carbonyl (C=O) groups is 1. The summed E-state index contributed by atoms with van der Waals surface area (Å²) in [4.78, 5) is 11.3. The summed E-state index contributed by atoms with van der Waals surface area (Å²) in [5.74, 6) is -0.378. The van der Waals surface area contributed by atoms with Crippen molar-refractivity contribution in [1.82, 2.24) is 0 Å². The standard InChI is InChI=1S/C13H18O4/c1-4-17-12(15)7-9-5-6-10(8-11(9)14)13(2,3)16/h5-6,8,14,16H,4,7H2,1-3H3. The Balaban J connectivity index is 2.87. The van der Waals surface area contributed by atoms with E-state index in [1.165, 1.54) is 6.07 Å². The molecular formula is C13H18O4. The van der Waals surface area contributed by atoms with Gasteiger partial charge >= 0.3 is 5.97 Å². The second-order valence-corrected chi connectivity index (χ2v) is 4.38. The predicted molar refractivity (Wildman–Crippen MR) is 63.7 cm³/mol. The van der Waals surface area contributed by atoms with Crippen molar-refractivity contribution in [1.29, 1.82) is 0 Å². The van der Waals surface area contributed by atoms with Gasteiger partial charge < -0.3 is 14.9 Å². The highest BCUT2D eigenvalue weighted by molar-refractivity contribution is 5.73. The Morgan fingerprint density at radius 2 is 2.06 bits per heavy atom. The molecule has 0 spiro atoms. The molecule has 0 amide bonds. The van der Waals surface area contributed by atoms with Gasteiger partial charge in [0.2, 0.25) is 0 Å². The van der Waals surface area contributed by atoms with Crippen LogP contribution in [-0.2, 0) is 21.6 Å². The Bertz CT molecular complexity index is 404. The molecule has 1 aromatic rings. The van der Waals surface area contributed by atoms with Crippen molar-refractivity contribution in [3.63, 3.8) is 0 Å². The van der Waals surface area contributed by atoms with Crippen LogP contribution in [-0.4, -0.2) is 22.8 Å². The van der Waals surface area contributed by atoms with E-state index in [0.29, 0.717) is 17.7 Å². The van der Waals surface area contributed by atoms with Crippen LogP contribution in [0.1, 0.15) is 31.9 Å². The number of phenolic OH excluding ortho intramolecular Hbond substituents is 1. The summed E-state index contributed by atoms with van der Waals surface area (Å²) in [5.41, 5.74) is 0.0824. The molecule has 0 aliphatic heterocycles. The van der Waals surface area contributed by atoms with Crippen molar-refractivity contribution >= 4 is 5.97 Å². The van der Waals surface area contributed by atoms with Crippen LogP contribution in [0, 0.1) is 0 Å². The summed E-state index contributed by atoms with van der Waals surface area (Å²) in [6.07, 6.45) is 0.0335. The van der Waals surface area contributed by atoms with Gasteiger partial charge in [-0.15, -0.1) is 0 Å². The average molecular weight is 238 g/mol. The van der Waals surface area contributed by atoms with E-state index in [0.717, 1.165) is 0 Å². The van der Waals surface area contributed by atoms with Crippen LogP contribution in [0.15, 0.2) is 18.2 Å². The zero-order valence-corrected chi connectivity index (χ0v) is 10.4. The molecule has 0 heterocycles. The van der Waals surface area contributed by atoms with Gasteiger partial charge in [0.1, 0.15) is 5.75 Å². The number of rotatable bonds is 4. The van der Waals surface area contributed by atoms with Gasteiger partial charge in [-0.3, -0.25) is 4.79 Å². The van der Waals surface area contributed by atoms with Gasteiger partial charge in [-0.1, -0.05) is 12.1 Å². The minimum Gasteiger partial charge on any atom is -0.508 e. The van der Waals surface area contributed by atoms with Gasteiger partial charge in [-0.2, -0.15) is 0 Å². The Hall–Kier alpha value is -1.55. The SMILES string of the molecule is CCOC(=O)Cc1ccc(C(C)(C)O)cc1O. The highest BCUT2D eigenvalue weighted by Gasteiger charge is 2.18. The molecule has 1 rings (SSSR count). The average Bonchev–Trinajstić information content (AvgIpc) is 2.20. The summed E-state index contributed by atoms with van der Waals surface area (Å²) in [6.45, 7) is 5.32. The molecule has 2 N–H and O–H groups in total. The summed E-state index contributed by atoms with van der Waals surface area (Å²) in [5, 5.41) is 19.5. The quantitative estimate of drug-likeness (QED) is 0.784. The van der Waals surface area contributed by atoms with Gasteiger partial charge in [0.05, 0.1) is 18.6 Å². The Morgan fingerprint density at radius 3 is 2.53 bits per heavy atom. The number of aliphatic hydroxyl groups is 1. The maximum Gasteiger partial charge on any atom is 0.310 e. The Kier molecular flexibility index (Phi) is 4.12. The largest absolute Gasteiger partial charge is 0.508 e. The molecule has 0 aliphatic carbocycles. The number of carbonyl (C=O) groups excluding carboxylic acids is 1. The van der Waals surface area contributed by atoms with Crippen molar-refractivity contribution in [2.75, 3.05) is 6.61 Å². The van der Waals surface area contributed by atoms with Crippen LogP contribution in [0.3, 0.4) is 0 Å². The minimum atomic E-state index is -1.01. The van der Waals surface area contributed by atoms with Crippen LogP contribution in [0.4, 0.5) is 0 Å². The normalized spacial score (nSPS) is 11.3. The number of hydrogen-bond donors (Lipinski definition) is 2. The monoisotopic (exact) mass is 238 g/mol. The van der Waals surface area contributed by atoms with Crippen LogP contribution in [0.5, 0.6) is 5.75 Å². The van der Waals surface area contributed by atoms with E-state index in [-0.39, 0.29) is 18.1 Å². The maximum atomic E-state index is 11.3. The number of phenols is 1. The maximum absolute atomic E-state index is 11.3. The molecule has 0 aliphatic rings. The molecule has 0 aromatic heterocycles. The van der Waals surface area contributed by atoms with Gasteiger partial charge in [0.15, 0.2) is 0 Å². The lowest BCUT2D eigenvalue weighted by molar-refractivity contribution is -0.142. The summed E-state index contributed by atoms with van der Waals surface area (Å²) in [6, 6.07) is 4.78. The number of benzene rings is 1. The van der Waals surface area contributed by atoms with E-state index in [1.54, 1.807) is 32.9 Å². The number of aromatic hydroxyl groups is 1. The lowest BCUT2D eigenvalue weighted by atomic mass is 9.96. The number of ether oxygens (including phenoxy) is 1. The Labute approximate surface area is 101 Å². The van der Waals surface area contributed by atoms with Crippen LogP contribution in [0.25, 0.3) is 0 Å². The Morgan fingerprint density at radius 1 is 1.41 bits per heavy atom. The van der Waals surface area contributed by atoms with Crippen LogP contribution >= 0.6 is 0 Å². The number of hydrogen-bond acceptors (Lipinski definition) is 4. The number of esters is 1. The third kappa shape index (κ3) is 3.75. The summed E-state index contributed by atoms with van der Waals surface area (Å²) >= 11 is 0. The third-order valence-corrected chi connectivity index (χ3v) is 2.43. The molecule has 1 aromatic carbocycles. The fraction of sp³-hybridized carbons (Fsp3) is 0.462. The van der Waals surface area contributed by atoms with E-state index in [9.17, 15) is 15.0 Å². The lowest BCUT2D eigenvalue weighted by Crippen LogP contribution is -2.15. The molecule has 94 valence electrons. The topological polar surface area (TPSA) is 66.8 Å². The smallest absolute Gasteiger partial charge is 0.310 e. The summed E-state index contributed by atoms with van der Waals surface area (Å²) in [7, 11) is 0. The zero-order valence-electron chi connectivity index (χ0n) is 10.4. The van der Waals surface area contributed by atoms with E-state index >= 15 is 0 Å². The molecule has 4 heteroatoms. The molecule has 0 bridgehead atoms. The first-order valence-corrected chi connectivity index (χ1v) is 5.55. The van der Waals surface area contributed by atoms with Crippen LogP contribution in [0.2, 0.25) is 0 Å².